The highest BCUT2D eigenvalue weighted by Crippen LogP contribution is 2.41. The van der Waals surface area contributed by atoms with Crippen molar-refractivity contribution >= 4 is 11.4 Å². The average molecular weight is 312 g/mol. The predicted molar refractivity (Wildman–Crippen MR) is 91.8 cm³/mol. The maximum absolute atomic E-state index is 14.9. The molecule has 0 heterocycles. The second-order valence-corrected chi connectivity index (χ2v) is 5.61. The lowest BCUT2D eigenvalue weighted by molar-refractivity contribution is 0.419. The minimum atomic E-state index is -0.373. The molecule has 1 aromatic carbocycles. The van der Waals surface area contributed by atoms with E-state index in [0.29, 0.717) is 22.9 Å². The lowest BCUT2D eigenvalue weighted by Gasteiger charge is -2.28. The summed E-state index contributed by atoms with van der Waals surface area (Å²) in [5.41, 5.74) is 8.06. The minimum Gasteiger partial charge on any atom is -0.400 e. The summed E-state index contributed by atoms with van der Waals surface area (Å²) < 4.78 is 14.9. The van der Waals surface area contributed by atoms with Gasteiger partial charge in [-0.1, -0.05) is 19.1 Å². The molecule has 0 spiro atoms. The van der Waals surface area contributed by atoms with Crippen LogP contribution in [0.2, 0.25) is 0 Å². The maximum Gasteiger partial charge on any atom is 0.159 e. The van der Waals surface area contributed by atoms with Crippen molar-refractivity contribution in [1.29, 1.82) is 5.26 Å². The molecule has 0 unspecified atom stereocenters. The summed E-state index contributed by atoms with van der Waals surface area (Å²) in [7, 11) is 1.71. The van der Waals surface area contributed by atoms with Crippen molar-refractivity contribution in [2.75, 3.05) is 12.4 Å². The summed E-state index contributed by atoms with van der Waals surface area (Å²) in [6.45, 7) is 5.26. The van der Waals surface area contributed by atoms with Crippen LogP contribution in [0.5, 0.6) is 0 Å². The number of hydrogen-bond acceptors (Lipinski definition) is 4. The van der Waals surface area contributed by atoms with E-state index in [4.69, 9.17) is 11.0 Å². The first-order valence-electron chi connectivity index (χ1n) is 7.61. The molecule has 1 saturated carbocycles. The number of rotatable bonds is 5. The summed E-state index contributed by atoms with van der Waals surface area (Å²) in [5, 5.41) is 12.0. The summed E-state index contributed by atoms with van der Waals surface area (Å²) in [6, 6.07) is 5.54. The smallest absolute Gasteiger partial charge is 0.159 e. The molecular weight excluding hydrogens is 291 g/mol. The molecule has 1 fully saturated rings. The molecule has 1 aliphatic carbocycles. The minimum absolute atomic E-state index is 0.0633. The molecule has 120 valence electrons. The Hall–Kier alpha value is -2.61. The van der Waals surface area contributed by atoms with E-state index in [9.17, 15) is 4.39 Å². The van der Waals surface area contributed by atoms with Gasteiger partial charge in [0.05, 0.1) is 11.4 Å². The quantitative estimate of drug-likeness (QED) is 0.641. The third-order valence-corrected chi connectivity index (χ3v) is 4.15. The Morgan fingerprint density at radius 1 is 1.52 bits per heavy atom. The van der Waals surface area contributed by atoms with Crippen LogP contribution in [-0.2, 0) is 0 Å². The number of benzene rings is 1. The first-order valence-corrected chi connectivity index (χ1v) is 7.61. The fraction of sp³-hybridized carbons (Fsp3) is 0.333. The van der Waals surface area contributed by atoms with Crippen LogP contribution in [0.15, 0.2) is 41.2 Å². The zero-order chi connectivity index (χ0) is 17.0. The van der Waals surface area contributed by atoms with E-state index < -0.39 is 0 Å². The van der Waals surface area contributed by atoms with Gasteiger partial charge in [0.2, 0.25) is 0 Å². The fourth-order valence-electron chi connectivity index (χ4n) is 2.64. The zero-order valence-electron chi connectivity index (χ0n) is 13.5. The van der Waals surface area contributed by atoms with Gasteiger partial charge < -0.3 is 11.1 Å². The number of allylic oxidation sites excluding steroid dienone is 3. The van der Waals surface area contributed by atoms with Crippen molar-refractivity contribution in [3.8, 4) is 6.07 Å². The molecule has 0 atom stereocenters. The van der Waals surface area contributed by atoms with Gasteiger partial charge in [0.1, 0.15) is 6.07 Å². The molecule has 0 saturated heterocycles. The van der Waals surface area contributed by atoms with Crippen molar-refractivity contribution in [2.24, 2.45) is 10.7 Å². The summed E-state index contributed by atoms with van der Waals surface area (Å²) in [6.07, 6.45) is 4.79. The molecule has 5 heteroatoms. The maximum atomic E-state index is 14.9. The Morgan fingerprint density at radius 2 is 2.22 bits per heavy atom. The van der Waals surface area contributed by atoms with Gasteiger partial charge in [-0.15, -0.1) is 0 Å². The van der Waals surface area contributed by atoms with E-state index in [2.05, 4.69) is 16.9 Å². The first-order chi connectivity index (χ1) is 11.0. The van der Waals surface area contributed by atoms with Crippen LogP contribution in [0.4, 0.5) is 10.1 Å². The van der Waals surface area contributed by atoms with E-state index >= 15 is 0 Å². The molecule has 0 radical (unpaired) electrons. The van der Waals surface area contributed by atoms with E-state index in [-0.39, 0.29) is 17.2 Å². The lowest BCUT2D eigenvalue weighted by atomic mass is 9.79. The number of nitrogens with two attached hydrogens (primary N) is 1. The summed E-state index contributed by atoms with van der Waals surface area (Å²) in [4.78, 5) is 4.15. The topological polar surface area (TPSA) is 74.2 Å². The molecule has 1 aromatic rings. The van der Waals surface area contributed by atoms with Gasteiger partial charge in [-0.25, -0.2) is 9.38 Å². The number of nitrogens with zero attached hydrogens (tertiary/aromatic N) is 2. The number of nitriles is 1. The van der Waals surface area contributed by atoms with Crippen molar-refractivity contribution in [2.45, 2.75) is 32.1 Å². The highest BCUT2D eigenvalue weighted by atomic mass is 19.1. The van der Waals surface area contributed by atoms with Gasteiger partial charge in [-0.2, -0.15) is 5.26 Å². The zero-order valence-corrected chi connectivity index (χ0v) is 13.5. The van der Waals surface area contributed by atoms with E-state index in [1.165, 1.54) is 12.5 Å². The molecule has 23 heavy (non-hydrogen) atoms. The Morgan fingerprint density at radius 3 is 2.65 bits per heavy atom. The number of anilines is 1. The van der Waals surface area contributed by atoms with E-state index in [1.807, 2.05) is 12.1 Å². The van der Waals surface area contributed by atoms with E-state index in [1.54, 1.807) is 20.0 Å². The van der Waals surface area contributed by atoms with Crippen LogP contribution in [-0.4, -0.2) is 12.8 Å². The van der Waals surface area contributed by atoms with Crippen LogP contribution >= 0.6 is 0 Å². The standard InChI is InChI=1S/C18H21FN4/c1-4-15(23-16(10-20)11(2)21)14-9-8-13(12-6-5-7-12)18(22-3)17(14)19/h4,8-9,12,22H,1,5-7,21H2,2-3H3/b16-11+,23-15?. The van der Waals surface area contributed by atoms with Gasteiger partial charge in [0.25, 0.3) is 0 Å². The Labute approximate surface area is 136 Å². The second-order valence-electron chi connectivity index (χ2n) is 5.61. The molecule has 0 aliphatic heterocycles. The largest absolute Gasteiger partial charge is 0.400 e. The third kappa shape index (κ3) is 3.26. The molecule has 0 aromatic heterocycles. The van der Waals surface area contributed by atoms with Crippen LogP contribution in [0.1, 0.15) is 43.2 Å². The highest BCUT2D eigenvalue weighted by molar-refractivity contribution is 6.09. The number of aliphatic imine (C=N–C) groups is 1. The monoisotopic (exact) mass is 312 g/mol. The van der Waals surface area contributed by atoms with Crippen LogP contribution in [0.3, 0.4) is 0 Å². The van der Waals surface area contributed by atoms with Crippen molar-refractivity contribution in [1.82, 2.24) is 0 Å². The number of halogens is 1. The van der Waals surface area contributed by atoms with Crippen LogP contribution in [0, 0.1) is 17.1 Å². The summed E-state index contributed by atoms with van der Waals surface area (Å²) in [5.74, 6) is 0.0356. The van der Waals surface area contributed by atoms with E-state index in [0.717, 1.165) is 18.4 Å². The fourth-order valence-corrected chi connectivity index (χ4v) is 2.64. The second kappa shape index (κ2) is 7.10. The molecule has 0 bridgehead atoms. The van der Waals surface area contributed by atoms with Crippen LogP contribution in [0.25, 0.3) is 0 Å². The molecule has 2 rings (SSSR count). The van der Waals surface area contributed by atoms with Gasteiger partial charge in [-0.3, -0.25) is 0 Å². The Bertz CT molecular complexity index is 717. The van der Waals surface area contributed by atoms with Crippen molar-refractivity contribution in [3.63, 3.8) is 0 Å². The SMILES string of the molecule is C=CC(=N/C(C#N)=C(\C)N)c1ccc(C2CCC2)c(NC)c1F. The van der Waals surface area contributed by atoms with Gasteiger partial charge in [0, 0.05) is 18.3 Å². The highest BCUT2D eigenvalue weighted by Gasteiger charge is 2.25. The normalized spacial score (nSPS) is 16.2. The van der Waals surface area contributed by atoms with Crippen molar-refractivity contribution < 1.29 is 4.39 Å². The van der Waals surface area contributed by atoms with Gasteiger partial charge in [0.15, 0.2) is 11.5 Å². The predicted octanol–water partition coefficient (Wildman–Crippen LogP) is 3.82. The van der Waals surface area contributed by atoms with Crippen molar-refractivity contribution in [3.05, 3.63) is 53.1 Å². The van der Waals surface area contributed by atoms with Gasteiger partial charge >= 0.3 is 0 Å². The lowest BCUT2D eigenvalue weighted by Crippen LogP contribution is -2.14. The summed E-state index contributed by atoms with van der Waals surface area (Å²) >= 11 is 0. The first kappa shape index (κ1) is 16.8. The van der Waals surface area contributed by atoms with Gasteiger partial charge in [-0.05, 0) is 43.4 Å². The third-order valence-electron chi connectivity index (χ3n) is 4.15. The molecule has 4 nitrogen and oxygen atoms in total. The van der Waals surface area contributed by atoms with Crippen LogP contribution < -0.4 is 11.1 Å². The Kier molecular flexibility index (Phi) is 5.17. The Balaban J connectivity index is 2.54. The number of nitrogens with one attached hydrogen (secondary N) is 1. The molecule has 3 N–H and O–H groups in total. The molecule has 0 amide bonds. The molecule has 1 aliphatic rings. The average Bonchev–Trinajstić information content (AvgIpc) is 2.48. The number of hydrogen-bond donors (Lipinski definition) is 2. The molecular formula is C18H21FN4.